The maximum absolute atomic E-state index is 10.2. The molecule has 3 heteroatoms. The molecule has 1 saturated carbocycles. The van der Waals surface area contributed by atoms with Crippen LogP contribution in [-0.2, 0) is 11.8 Å². The molecule has 2 aromatic rings. The average molecular weight is 335 g/mol. The Morgan fingerprint density at radius 1 is 1.08 bits per heavy atom. The van der Waals surface area contributed by atoms with Gasteiger partial charge in [-0.3, -0.25) is 4.90 Å². The highest BCUT2D eigenvalue weighted by Gasteiger charge is 2.55. The number of piperidine rings is 1. The summed E-state index contributed by atoms with van der Waals surface area (Å²) in [5, 5.41) is 10.2. The highest BCUT2D eigenvalue weighted by molar-refractivity contribution is 5.54. The molecule has 2 fully saturated rings. The number of benzene rings is 2. The Morgan fingerprint density at radius 3 is 2.84 bits per heavy atom. The van der Waals surface area contributed by atoms with E-state index < -0.39 is 0 Å². The Morgan fingerprint density at radius 2 is 1.96 bits per heavy atom. The van der Waals surface area contributed by atoms with Crippen molar-refractivity contribution >= 4 is 0 Å². The molecule has 0 aromatic heterocycles. The van der Waals surface area contributed by atoms with Crippen molar-refractivity contribution in [1.82, 2.24) is 4.90 Å². The van der Waals surface area contributed by atoms with E-state index in [2.05, 4.69) is 41.3 Å². The first kappa shape index (κ1) is 15.3. The first-order valence-corrected chi connectivity index (χ1v) is 9.53. The van der Waals surface area contributed by atoms with Gasteiger partial charge >= 0.3 is 0 Å². The summed E-state index contributed by atoms with van der Waals surface area (Å²) in [6.45, 7) is 2.27. The van der Waals surface area contributed by atoms with Gasteiger partial charge < -0.3 is 9.84 Å². The lowest BCUT2D eigenvalue weighted by Gasteiger charge is -2.51. The third kappa shape index (κ3) is 2.36. The zero-order valence-electron chi connectivity index (χ0n) is 14.5. The molecule has 1 aliphatic carbocycles. The van der Waals surface area contributed by atoms with Gasteiger partial charge in [0.2, 0.25) is 0 Å². The number of para-hydroxylation sites is 1. The zero-order chi connectivity index (χ0) is 16.9. The fourth-order valence-corrected chi connectivity index (χ4v) is 5.36. The van der Waals surface area contributed by atoms with Gasteiger partial charge in [0.25, 0.3) is 0 Å². The molecule has 5 rings (SSSR count). The third-order valence-electron chi connectivity index (χ3n) is 6.66. The molecule has 2 aromatic carbocycles. The molecule has 3 aliphatic rings. The van der Waals surface area contributed by atoms with Crippen LogP contribution in [0.1, 0.15) is 36.8 Å². The summed E-state index contributed by atoms with van der Waals surface area (Å²) in [6.07, 6.45) is 5.99. The lowest BCUT2D eigenvalue weighted by Crippen LogP contribution is -2.57. The molecule has 1 unspecified atom stereocenters. The summed E-state index contributed by atoms with van der Waals surface area (Å²) in [4.78, 5) is 2.69. The predicted molar refractivity (Wildman–Crippen MR) is 98.2 cm³/mol. The molecule has 1 N–H and O–H groups in total. The second kappa shape index (κ2) is 5.77. The first-order valence-electron chi connectivity index (χ1n) is 9.53. The predicted octanol–water partition coefficient (Wildman–Crippen LogP) is 3.89. The Labute approximate surface area is 149 Å². The summed E-state index contributed by atoms with van der Waals surface area (Å²) in [7, 11) is 0. The number of likely N-dealkylation sites (tertiary alicyclic amines) is 1. The molecule has 3 atom stereocenters. The van der Waals surface area contributed by atoms with Crippen molar-refractivity contribution < 1.29 is 9.84 Å². The van der Waals surface area contributed by atoms with Gasteiger partial charge in [-0.05, 0) is 50.3 Å². The van der Waals surface area contributed by atoms with Gasteiger partial charge in [0, 0.05) is 23.6 Å². The van der Waals surface area contributed by atoms with Crippen molar-refractivity contribution in [3.63, 3.8) is 0 Å². The van der Waals surface area contributed by atoms with Gasteiger partial charge in [0.1, 0.15) is 6.10 Å². The summed E-state index contributed by atoms with van der Waals surface area (Å²) in [5.41, 5.74) is 2.81. The van der Waals surface area contributed by atoms with Gasteiger partial charge in [-0.15, -0.1) is 0 Å². The van der Waals surface area contributed by atoms with E-state index in [1.54, 1.807) is 6.07 Å². The topological polar surface area (TPSA) is 32.7 Å². The van der Waals surface area contributed by atoms with Crippen LogP contribution in [0.15, 0.2) is 48.5 Å². The molecule has 3 nitrogen and oxygen atoms in total. The number of aromatic hydroxyl groups is 1. The van der Waals surface area contributed by atoms with E-state index in [0.717, 1.165) is 38.1 Å². The number of fused-ring (bicyclic) bond motifs is 2. The van der Waals surface area contributed by atoms with Crippen molar-refractivity contribution in [3.8, 4) is 11.5 Å². The normalized spacial score (nSPS) is 30.4. The standard InChI is InChI=1S/C22H25NO2/c24-19-8-4-7-18-21(19)25-20-10-9-17-15-22(18,20)12-14-23(17)13-11-16-5-2-1-3-6-16/h1-8,17,20,24H,9-15H2/t17?,20-,22+/m1/s1. The summed E-state index contributed by atoms with van der Waals surface area (Å²) < 4.78 is 6.21. The maximum Gasteiger partial charge on any atom is 0.165 e. The number of rotatable bonds is 3. The zero-order valence-corrected chi connectivity index (χ0v) is 14.5. The molecule has 2 bridgehead atoms. The SMILES string of the molecule is Oc1cccc2c1O[C@@H]1CCC3C[C@@]21CCN3CCc1ccccc1. The molecule has 0 radical (unpaired) electrons. The van der Waals surface area contributed by atoms with Crippen molar-refractivity contribution in [2.75, 3.05) is 13.1 Å². The van der Waals surface area contributed by atoms with Crippen LogP contribution in [0.5, 0.6) is 11.5 Å². The number of hydrogen-bond acceptors (Lipinski definition) is 3. The van der Waals surface area contributed by atoms with E-state index in [0.29, 0.717) is 11.8 Å². The minimum atomic E-state index is 0.125. The molecule has 2 aliphatic heterocycles. The van der Waals surface area contributed by atoms with E-state index in [1.807, 2.05) is 6.07 Å². The van der Waals surface area contributed by atoms with E-state index in [-0.39, 0.29) is 11.5 Å². The van der Waals surface area contributed by atoms with E-state index in [4.69, 9.17) is 4.74 Å². The molecule has 130 valence electrons. The Kier molecular flexibility index (Phi) is 3.53. The Hall–Kier alpha value is -2.00. The summed E-state index contributed by atoms with van der Waals surface area (Å²) in [5.74, 6) is 1.07. The fourth-order valence-electron chi connectivity index (χ4n) is 5.36. The van der Waals surface area contributed by atoms with Gasteiger partial charge in [-0.2, -0.15) is 0 Å². The van der Waals surface area contributed by atoms with Crippen LogP contribution in [-0.4, -0.2) is 35.2 Å². The van der Waals surface area contributed by atoms with Crippen LogP contribution in [0.3, 0.4) is 0 Å². The second-order valence-electron chi connectivity index (χ2n) is 7.87. The number of nitrogens with zero attached hydrogens (tertiary/aromatic N) is 1. The molecule has 1 spiro atoms. The highest BCUT2D eigenvalue weighted by atomic mass is 16.5. The van der Waals surface area contributed by atoms with Crippen LogP contribution in [0.4, 0.5) is 0 Å². The van der Waals surface area contributed by atoms with Crippen LogP contribution in [0, 0.1) is 0 Å². The molecular weight excluding hydrogens is 310 g/mol. The largest absolute Gasteiger partial charge is 0.504 e. The van der Waals surface area contributed by atoms with Gasteiger partial charge in [0.05, 0.1) is 0 Å². The highest BCUT2D eigenvalue weighted by Crippen LogP contribution is 2.57. The van der Waals surface area contributed by atoms with Crippen molar-refractivity contribution in [2.24, 2.45) is 0 Å². The number of ether oxygens (including phenoxy) is 1. The average Bonchev–Trinajstić information content (AvgIpc) is 2.96. The Balaban J connectivity index is 1.36. The smallest absolute Gasteiger partial charge is 0.165 e. The van der Waals surface area contributed by atoms with E-state index in [9.17, 15) is 5.11 Å². The van der Waals surface area contributed by atoms with Gasteiger partial charge in [-0.1, -0.05) is 42.5 Å². The van der Waals surface area contributed by atoms with Gasteiger partial charge in [-0.25, -0.2) is 0 Å². The monoisotopic (exact) mass is 335 g/mol. The number of phenolic OH excluding ortho intramolecular Hbond substituents is 1. The third-order valence-corrected chi connectivity index (χ3v) is 6.66. The minimum Gasteiger partial charge on any atom is -0.504 e. The Bertz CT molecular complexity index is 775. The second-order valence-corrected chi connectivity index (χ2v) is 7.87. The summed E-state index contributed by atoms with van der Waals surface area (Å²) >= 11 is 0. The van der Waals surface area contributed by atoms with Crippen molar-refractivity contribution in [1.29, 1.82) is 0 Å². The first-order chi connectivity index (χ1) is 12.3. The lowest BCUT2D eigenvalue weighted by molar-refractivity contribution is -0.00615. The summed E-state index contributed by atoms with van der Waals surface area (Å²) in [6, 6.07) is 17.3. The maximum atomic E-state index is 10.2. The van der Waals surface area contributed by atoms with E-state index in [1.165, 1.54) is 24.0 Å². The van der Waals surface area contributed by atoms with E-state index >= 15 is 0 Å². The van der Waals surface area contributed by atoms with Crippen LogP contribution in [0.2, 0.25) is 0 Å². The quantitative estimate of drug-likeness (QED) is 0.923. The van der Waals surface area contributed by atoms with Crippen LogP contribution in [0.25, 0.3) is 0 Å². The van der Waals surface area contributed by atoms with Crippen molar-refractivity contribution in [3.05, 3.63) is 59.7 Å². The van der Waals surface area contributed by atoms with Crippen molar-refractivity contribution in [2.45, 2.75) is 49.7 Å². The number of hydrogen-bond donors (Lipinski definition) is 1. The molecule has 25 heavy (non-hydrogen) atoms. The molecule has 1 saturated heterocycles. The fraction of sp³-hybridized carbons (Fsp3) is 0.455. The van der Waals surface area contributed by atoms with Crippen LogP contribution < -0.4 is 4.74 Å². The molecule has 2 heterocycles. The van der Waals surface area contributed by atoms with Crippen LogP contribution >= 0.6 is 0 Å². The minimum absolute atomic E-state index is 0.125. The molecular formula is C22H25NO2. The lowest BCUT2D eigenvalue weighted by atomic mass is 9.62. The molecule has 0 amide bonds. The number of phenols is 1. The van der Waals surface area contributed by atoms with Gasteiger partial charge in [0.15, 0.2) is 11.5 Å².